The van der Waals surface area contributed by atoms with Gasteiger partial charge in [0.1, 0.15) is 11.5 Å². The van der Waals surface area contributed by atoms with Crippen LogP contribution in [-0.2, 0) is 16.0 Å². The van der Waals surface area contributed by atoms with E-state index in [4.69, 9.17) is 21.1 Å². The van der Waals surface area contributed by atoms with Gasteiger partial charge in [-0.1, -0.05) is 17.7 Å². The van der Waals surface area contributed by atoms with Crippen LogP contribution in [0.3, 0.4) is 0 Å². The maximum atomic E-state index is 13.4. The summed E-state index contributed by atoms with van der Waals surface area (Å²) in [5.41, 5.74) is 2.70. The summed E-state index contributed by atoms with van der Waals surface area (Å²) >= 11 is 6.01. The number of carbonyl (C=O) groups is 2. The monoisotopic (exact) mass is 546 g/mol. The van der Waals surface area contributed by atoms with Gasteiger partial charge in [0.05, 0.1) is 25.3 Å². The molecule has 0 aliphatic carbocycles. The summed E-state index contributed by atoms with van der Waals surface area (Å²) in [6, 6.07) is 15.8. The summed E-state index contributed by atoms with van der Waals surface area (Å²) in [5.74, 6) is -0.962. The summed E-state index contributed by atoms with van der Waals surface area (Å²) in [5, 5.41) is 23.0. The van der Waals surface area contributed by atoms with Gasteiger partial charge in [-0.25, -0.2) is 0 Å². The zero-order valence-electron chi connectivity index (χ0n) is 21.4. The number of phenolic OH excluding ortho intramolecular Hbond substituents is 1. The first-order valence-corrected chi connectivity index (χ1v) is 12.8. The van der Waals surface area contributed by atoms with Crippen molar-refractivity contribution in [3.63, 3.8) is 0 Å². The summed E-state index contributed by atoms with van der Waals surface area (Å²) in [7, 11) is 1.60. The van der Waals surface area contributed by atoms with Crippen LogP contribution in [0.5, 0.6) is 17.2 Å². The lowest BCUT2D eigenvalue weighted by Crippen LogP contribution is -2.31. The number of aliphatic hydroxyl groups is 1. The molecule has 1 unspecified atom stereocenters. The second-order valence-electron chi connectivity index (χ2n) is 9.13. The Labute approximate surface area is 230 Å². The number of benzene rings is 3. The topological polar surface area (TPSA) is 112 Å². The predicted octanol–water partition coefficient (Wildman–Crippen LogP) is 5.60. The number of ketones is 1. The molecule has 1 aliphatic rings. The fourth-order valence-corrected chi connectivity index (χ4v) is 5.05. The maximum Gasteiger partial charge on any atom is 0.295 e. The molecular weight excluding hydrogens is 520 g/mol. The fourth-order valence-electron chi connectivity index (χ4n) is 4.92. The molecule has 1 atom stereocenters. The number of nitrogens with one attached hydrogen (secondary N) is 1. The summed E-state index contributed by atoms with van der Waals surface area (Å²) in [6.45, 7) is 2.29. The van der Waals surface area contributed by atoms with Crippen LogP contribution in [0, 0.1) is 0 Å². The zero-order chi connectivity index (χ0) is 27.7. The summed E-state index contributed by atoms with van der Waals surface area (Å²) < 4.78 is 10.9. The third-order valence-electron chi connectivity index (χ3n) is 6.85. The van der Waals surface area contributed by atoms with E-state index in [2.05, 4.69) is 4.98 Å². The van der Waals surface area contributed by atoms with Crippen molar-refractivity contribution in [2.75, 3.05) is 20.3 Å². The van der Waals surface area contributed by atoms with Crippen molar-refractivity contribution in [2.24, 2.45) is 0 Å². The van der Waals surface area contributed by atoms with E-state index in [0.717, 1.165) is 16.5 Å². The van der Waals surface area contributed by atoms with E-state index in [-0.39, 0.29) is 29.4 Å². The average molecular weight is 547 g/mol. The number of aliphatic hydroxyl groups excluding tert-OH is 1. The van der Waals surface area contributed by atoms with Crippen LogP contribution >= 0.6 is 11.6 Å². The molecule has 0 radical (unpaired) electrons. The van der Waals surface area contributed by atoms with E-state index in [1.165, 1.54) is 11.0 Å². The molecular formula is C30H27ClN2O6. The lowest BCUT2D eigenvalue weighted by Gasteiger charge is -2.26. The van der Waals surface area contributed by atoms with Gasteiger partial charge < -0.3 is 29.6 Å². The van der Waals surface area contributed by atoms with Crippen LogP contribution in [0.15, 0.2) is 72.4 Å². The molecule has 200 valence electrons. The highest BCUT2D eigenvalue weighted by atomic mass is 35.5. The Hall–Kier alpha value is -4.43. The van der Waals surface area contributed by atoms with Gasteiger partial charge in [0.25, 0.3) is 11.7 Å². The van der Waals surface area contributed by atoms with E-state index in [1.807, 2.05) is 24.4 Å². The molecule has 3 N–H and O–H groups in total. The number of aromatic nitrogens is 1. The predicted molar refractivity (Wildman–Crippen MR) is 148 cm³/mol. The number of aromatic amines is 1. The second-order valence-corrected chi connectivity index (χ2v) is 9.57. The first-order valence-electron chi connectivity index (χ1n) is 12.5. The number of hydrogen-bond acceptors (Lipinski definition) is 6. The molecule has 1 aromatic heterocycles. The first kappa shape index (κ1) is 26.2. The van der Waals surface area contributed by atoms with E-state index in [1.54, 1.807) is 50.4 Å². The fraction of sp³-hybridized carbons (Fsp3) is 0.200. The Balaban J connectivity index is 1.58. The molecule has 2 heterocycles. The van der Waals surface area contributed by atoms with Crippen molar-refractivity contribution in [1.29, 1.82) is 0 Å². The zero-order valence-corrected chi connectivity index (χ0v) is 22.2. The molecule has 5 rings (SSSR count). The number of likely N-dealkylation sites (tertiary alicyclic amines) is 1. The second kappa shape index (κ2) is 10.7. The number of halogens is 1. The summed E-state index contributed by atoms with van der Waals surface area (Å²) in [6.07, 6.45) is 2.31. The molecule has 8 nitrogen and oxygen atoms in total. The van der Waals surface area contributed by atoms with Gasteiger partial charge in [-0.05, 0) is 79.1 Å². The number of phenols is 1. The number of ether oxygens (including phenoxy) is 2. The van der Waals surface area contributed by atoms with Crippen molar-refractivity contribution < 1.29 is 29.3 Å². The van der Waals surface area contributed by atoms with Crippen molar-refractivity contribution in [3.05, 3.63) is 94.1 Å². The SMILES string of the molecule is CCOc1cc(C2/C(=C(/O)c3ccc(Cl)cc3)C(=O)C(=O)N2CCc2c[nH]c3ccc(OC)cc23)ccc1O. The molecule has 39 heavy (non-hydrogen) atoms. The van der Waals surface area contributed by atoms with E-state index in [0.29, 0.717) is 34.9 Å². The van der Waals surface area contributed by atoms with Gasteiger partial charge in [-0.15, -0.1) is 0 Å². The van der Waals surface area contributed by atoms with Crippen molar-refractivity contribution >= 4 is 40.0 Å². The van der Waals surface area contributed by atoms with Crippen LogP contribution < -0.4 is 9.47 Å². The van der Waals surface area contributed by atoms with Crippen LogP contribution in [0.4, 0.5) is 0 Å². The summed E-state index contributed by atoms with van der Waals surface area (Å²) in [4.78, 5) is 31.4. The number of hydrogen-bond donors (Lipinski definition) is 3. The maximum absolute atomic E-state index is 13.4. The van der Waals surface area contributed by atoms with Gasteiger partial charge in [-0.2, -0.15) is 0 Å². The quantitative estimate of drug-likeness (QED) is 0.151. The largest absolute Gasteiger partial charge is 0.507 e. The molecule has 3 aromatic carbocycles. The Morgan fingerprint density at radius 3 is 2.56 bits per heavy atom. The number of methoxy groups -OCH3 is 1. The molecule has 1 saturated heterocycles. The first-order chi connectivity index (χ1) is 18.8. The highest BCUT2D eigenvalue weighted by molar-refractivity contribution is 6.46. The van der Waals surface area contributed by atoms with Crippen molar-refractivity contribution in [1.82, 2.24) is 9.88 Å². The molecule has 1 aliphatic heterocycles. The third kappa shape index (κ3) is 4.91. The van der Waals surface area contributed by atoms with Gasteiger partial charge in [0, 0.05) is 34.2 Å². The molecule has 4 aromatic rings. The molecule has 1 fully saturated rings. The van der Waals surface area contributed by atoms with Crippen LogP contribution in [0.2, 0.25) is 5.02 Å². The number of H-pyrrole nitrogens is 1. The van der Waals surface area contributed by atoms with Gasteiger partial charge in [-0.3, -0.25) is 9.59 Å². The normalized spacial score (nSPS) is 16.7. The smallest absolute Gasteiger partial charge is 0.295 e. The number of aromatic hydroxyl groups is 1. The molecule has 0 bridgehead atoms. The molecule has 9 heteroatoms. The van der Waals surface area contributed by atoms with Crippen molar-refractivity contribution in [3.8, 4) is 17.2 Å². The molecule has 1 amide bonds. The number of carbonyl (C=O) groups excluding carboxylic acids is 2. The number of amides is 1. The minimum atomic E-state index is -0.903. The minimum Gasteiger partial charge on any atom is -0.507 e. The lowest BCUT2D eigenvalue weighted by atomic mass is 9.95. The molecule has 0 spiro atoms. The Kier molecular flexibility index (Phi) is 7.21. The highest BCUT2D eigenvalue weighted by Gasteiger charge is 2.46. The Morgan fingerprint density at radius 2 is 1.85 bits per heavy atom. The Morgan fingerprint density at radius 1 is 1.08 bits per heavy atom. The van der Waals surface area contributed by atoms with E-state index in [9.17, 15) is 19.8 Å². The average Bonchev–Trinajstić information content (AvgIpc) is 3.46. The number of rotatable bonds is 8. The number of Topliss-reactive ketones (excluding diaryl/α,β-unsaturated/α-hetero) is 1. The van der Waals surface area contributed by atoms with Crippen LogP contribution in [0.25, 0.3) is 16.7 Å². The third-order valence-corrected chi connectivity index (χ3v) is 7.11. The van der Waals surface area contributed by atoms with Gasteiger partial charge in [0.2, 0.25) is 0 Å². The number of nitrogens with zero attached hydrogens (tertiary/aromatic N) is 1. The van der Waals surface area contributed by atoms with Crippen molar-refractivity contribution in [2.45, 2.75) is 19.4 Å². The standard InChI is InChI=1S/C30H27ClN2O6/c1-3-39-25-14-18(6-11-24(25)34)27-26(28(35)17-4-7-20(31)8-5-17)29(36)30(37)33(27)13-12-19-16-32-23-10-9-21(38-2)15-22(19)23/h4-11,14-16,27,32,34-35H,3,12-13H2,1-2H3/b28-26-. The lowest BCUT2D eigenvalue weighted by molar-refractivity contribution is -0.139. The highest BCUT2D eigenvalue weighted by Crippen LogP contribution is 2.42. The van der Waals surface area contributed by atoms with Crippen LogP contribution in [0.1, 0.15) is 29.7 Å². The van der Waals surface area contributed by atoms with Gasteiger partial charge in [0.15, 0.2) is 11.5 Å². The minimum absolute atomic E-state index is 0.0453. The van der Waals surface area contributed by atoms with Gasteiger partial charge >= 0.3 is 0 Å². The van der Waals surface area contributed by atoms with E-state index < -0.39 is 17.7 Å². The number of fused-ring (bicyclic) bond motifs is 1. The van der Waals surface area contributed by atoms with E-state index >= 15 is 0 Å². The Bertz CT molecular complexity index is 1590. The van der Waals surface area contributed by atoms with Crippen LogP contribution in [-0.4, -0.2) is 52.0 Å². The molecule has 0 saturated carbocycles.